The van der Waals surface area contributed by atoms with E-state index in [4.69, 9.17) is 0 Å². The molecule has 1 amide bonds. The molecule has 2 aliphatic rings. The van der Waals surface area contributed by atoms with Gasteiger partial charge in [-0.15, -0.1) is 0 Å². The number of carbonyl (C=O) groups excluding carboxylic acids is 1. The number of nitrogens with one attached hydrogen (secondary N) is 1. The van der Waals surface area contributed by atoms with Gasteiger partial charge in [-0.3, -0.25) is 9.89 Å². The van der Waals surface area contributed by atoms with Crippen molar-refractivity contribution in [3.05, 3.63) is 52.3 Å². The van der Waals surface area contributed by atoms with Crippen LogP contribution in [-0.2, 0) is 25.7 Å². The van der Waals surface area contributed by atoms with Gasteiger partial charge in [-0.25, -0.2) is 0 Å². The van der Waals surface area contributed by atoms with Crippen LogP contribution in [0.3, 0.4) is 0 Å². The number of rotatable bonds is 2. The molecule has 0 fully saturated rings. The summed E-state index contributed by atoms with van der Waals surface area (Å²) >= 11 is 0. The lowest BCUT2D eigenvalue weighted by atomic mass is 9.87. The first-order chi connectivity index (χ1) is 11.1. The zero-order valence-electron chi connectivity index (χ0n) is 13.8. The highest BCUT2D eigenvalue weighted by molar-refractivity contribution is 5.94. The van der Waals surface area contributed by atoms with E-state index in [-0.39, 0.29) is 11.9 Å². The van der Waals surface area contributed by atoms with Gasteiger partial charge < -0.3 is 4.90 Å². The molecule has 0 saturated heterocycles. The third-order valence-corrected chi connectivity index (χ3v) is 5.49. The van der Waals surface area contributed by atoms with Crippen LogP contribution in [0, 0.1) is 5.92 Å². The fourth-order valence-corrected chi connectivity index (χ4v) is 3.99. The Morgan fingerprint density at radius 1 is 1.22 bits per heavy atom. The van der Waals surface area contributed by atoms with E-state index in [1.165, 1.54) is 17.5 Å². The highest BCUT2D eigenvalue weighted by atomic mass is 16.2. The number of aryl methyl sites for hydroxylation is 1. The summed E-state index contributed by atoms with van der Waals surface area (Å²) in [6, 6.07) is 8.74. The fourth-order valence-electron chi connectivity index (χ4n) is 3.99. The summed E-state index contributed by atoms with van der Waals surface area (Å²) in [7, 11) is 1.92. The van der Waals surface area contributed by atoms with Gasteiger partial charge in [0.15, 0.2) is 5.69 Å². The molecule has 4 rings (SSSR count). The number of aromatic amines is 1. The van der Waals surface area contributed by atoms with Gasteiger partial charge in [0, 0.05) is 24.3 Å². The quantitative estimate of drug-likeness (QED) is 0.927. The maximum Gasteiger partial charge on any atom is 0.274 e. The first kappa shape index (κ1) is 14.5. The number of likely N-dealkylation sites (N-methyl/N-ethyl adjacent to an activating group) is 1. The monoisotopic (exact) mass is 309 g/mol. The molecule has 0 spiro atoms. The average molecular weight is 309 g/mol. The molecular weight excluding hydrogens is 286 g/mol. The van der Waals surface area contributed by atoms with Crippen LogP contribution in [0.4, 0.5) is 0 Å². The van der Waals surface area contributed by atoms with Crippen LogP contribution >= 0.6 is 0 Å². The molecule has 2 aromatic rings. The van der Waals surface area contributed by atoms with Gasteiger partial charge in [0.1, 0.15) is 0 Å². The Labute approximate surface area is 136 Å². The van der Waals surface area contributed by atoms with Crippen molar-refractivity contribution in [1.29, 1.82) is 0 Å². The molecule has 1 aromatic carbocycles. The van der Waals surface area contributed by atoms with E-state index in [9.17, 15) is 4.79 Å². The minimum atomic E-state index is 0.0643. The molecule has 4 heteroatoms. The molecule has 120 valence electrons. The van der Waals surface area contributed by atoms with Gasteiger partial charge in [0.05, 0.1) is 0 Å². The predicted octanol–water partition coefficient (Wildman–Crippen LogP) is 2.77. The minimum absolute atomic E-state index is 0.0643. The van der Waals surface area contributed by atoms with Gasteiger partial charge in [0.25, 0.3) is 5.91 Å². The molecule has 2 aliphatic carbocycles. The second-order valence-corrected chi connectivity index (χ2v) is 7.12. The van der Waals surface area contributed by atoms with Crippen molar-refractivity contribution in [2.24, 2.45) is 5.92 Å². The fraction of sp³-hybridized carbons (Fsp3) is 0.474. The zero-order valence-corrected chi connectivity index (χ0v) is 13.8. The van der Waals surface area contributed by atoms with Crippen molar-refractivity contribution < 1.29 is 4.79 Å². The molecule has 1 atom stereocenters. The Hall–Kier alpha value is -2.10. The topological polar surface area (TPSA) is 49.0 Å². The smallest absolute Gasteiger partial charge is 0.274 e. The summed E-state index contributed by atoms with van der Waals surface area (Å²) < 4.78 is 0. The van der Waals surface area contributed by atoms with Crippen molar-refractivity contribution in [1.82, 2.24) is 15.1 Å². The SMILES string of the molecule is C[C@H]1CCc2[nH]nc(C(=O)N(C)C3Cc4ccccc4C3)c2C1. The number of carbonyl (C=O) groups is 1. The Bertz CT molecular complexity index is 724. The van der Waals surface area contributed by atoms with Gasteiger partial charge >= 0.3 is 0 Å². The number of hydrogen-bond acceptors (Lipinski definition) is 2. The Balaban J connectivity index is 1.55. The van der Waals surface area contributed by atoms with E-state index in [0.29, 0.717) is 11.6 Å². The summed E-state index contributed by atoms with van der Waals surface area (Å²) in [5, 5.41) is 7.45. The first-order valence-corrected chi connectivity index (χ1v) is 8.53. The van der Waals surface area contributed by atoms with Crippen LogP contribution in [0.15, 0.2) is 24.3 Å². The van der Waals surface area contributed by atoms with E-state index in [2.05, 4.69) is 41.4 Å². The van der Waals surface area contributed by atoms with E-state index in [1.807, 2.05) is 11.9 Å². The Morgan fingerprint density at radius 3 is 2.61 bits per heavy atom. The van der Waals surface area contributed by atoms with E-state index < -0.39 is 0 Å². The second kappa shape index (κ2) is 5.52. The summed E-state index contributed by atoms with van der Waals surface area (Å²) in [5.74, 6) is 0.696. The third-order valence-electron chi connectivity index (χ3n) is 5.49. The molecule has 0 unspecified atom stereocenters. The highest BCUT2D eigenvalue weighted by Gasteiger charge is 2.31. The summed E-state index contributed by atoms with van der Waals surface area (Å²) in [6.45, 7) is 2.25. The molecule has 1 N–H and O–H groups in total. The van der Waals surface area contributed by atoms with Crippen LogP contribution in [0.2, 0.25) is 0 Å². The number of aromatic nitrogens is 2. The van der Waals surface area contributed by atoms with Crippen molar-refractivity contribution in [3.63, 3.8) is 0 Å². The van der Waals surface area contributed by atoms with Crippen LogP contribution < -0.4 is 0 Å². The Kier molecular flexibility index (Phi) is 3.47. The maximum atomic E-state index is 13.0. The standard InChI is InChI=1S/C19H23N3O/c1-12-7-8-17-16(9-12)18(21-20-17)19(23)22(2)15-10-13-5-3-4-6-14(13)11-15/h3-6,12,15H,7-11H2,1-2H3,(H,20,21)/t12-/m0/s1. The first-order valence-electron chi connectivity index (χ1n) is 8.53. The van der Waals surface area contributed by atoms with E-state index in [0.717, 1.165) is 36.9 Å². The highest BCUT2D eigenvalue weighted by Crippen LogP contribution is 2.29. The number of benzene rings is 1. The van der Waals surface area contributed by atoms with Crippen molar-refractivity contribution in [2.45, 2.75) is 45.1 Å². The van der Waals surface area contributed by atoms with Crippen LogP contribution in [0.25, 0.3) is 0 Å². The summed E-state index contributed by atoms with van der Waals surface area (Å²) in [4.78, 5) is 14.9. The van der Waals surface area contributed by atoms with Crippen molar-refractivity contribution in [2.75, 3.05) is 7.05 Å². The number of hydrogen-bond donors (Lipinski definition) is 1. The molecule has 4 nitrogen and oxygen atoms in total. The molecule has 1 aromatic heterocycles. The molecule has 0 saturated carbocycles. The van der Waals surface area contributed by atoms with Crippen molar-refractivity contribution in [3.8, 4) is 0 Å². The van der Waals surface area contributed by atoms with Crippen LogP contribution in [0.1, 0.15) is 46.2 Å². The van der Waals surface area contributed by atoms with Gasteiger partial charge in [0.2, 0.25) is 0 Å². The number of amides is 1. The largest absolute Gasteiger partial charge is 0.337 e. The number of nitrogens with zero attached hydrogens (tertiary/aromatic N) is 2. The molecular formula is C19H23N3O. The minimum Gasteiger partial charge on any atom is -0.337 e. The second-order valence-electron chi connectivity index (χ2n) is 7.12. The lowest BCUT2D eigenvalue weighted by molar-refractivity contribution is 0.0730. The molecule has 1 heterocycles. The van der Waals surface area contributed by atoms with Gasteiger partial charge in [-0.1, -0.05) is 31.2 Å². The maximum absolute atomic E-state index is 13.0. The molecule has 0 bridgehead atoms. The number of H-pyrrole nitrogens is 1. The Morgan fingerprint density at radius 2 is 1.91 bits per heavy atom. The van der Waals surface area contributed by atoms with Crippen molar-refractivity contribution >= 4 is 5.91 Å². The lowest BCUT2D eigenvalue weighted by Gasteiger charge is -2.25. The normalized spacial score (nSPS) is 20.2. The van der Waals surface area contributed by atoms with Crippen LogP contribution in [0.5, 0.6) is 0 Å². The van der Waals surface area contributed by atoms with Gasteiger partial charge in [-0.2, -0.15) is 5.10 Å². The van der Waals surface area contributed by atoms with E-state index in [1.54, 1.807) is 0 Å². The summed E-state index contributed by atoms with van der Waals surface area (Å²) in [5.41, 5.74) is 5.69. The average Bonchev–Trinajstić information content (AvgIpc) is 3.16. The summed E-state index contributed by atoms with van der Waals surface area (Å²) in [6.07, 6.45) is 5.04. The predicted molar refractivity (Wildman–Crippen MR) is 89.5 cm³/mol. The molecule has 0 aliphatic heterocycles. The molecule has 0 radical (unpaired) electrons. The number of fused-ring (bicyclic) bond motifs is 2. The zero-order chi connectivity index (χ0) is 16.0. The third kappa shape index (κ3) is 2.46. The lowest BCUT2D eigenvalue weighted by Crippen LogP contribution is -2.38. The van der Waals surface area contributed by atoms with E-state index >= 15 is 0 Å². The molecule has 23 heavy (non-hydrogen) atoms. The van der Waals surface area contributed by atoms with Gasteiger partial charge in [-0.05, 0) is 49.1 Å². The van der Waals surface area contributed by atoms with Crippen LogP contribution in [-0.4, -0.2) is 34.1 Å².